The summed E-state index contributed by atoms with van der Waals surface area (Å²) in [6.45, 7) is 6.11. The molecule has 0 atom stereocenters. The summed E-state index contributed by atoms with van der Waals surface area (Å²) in [5.41, 5.74) is 1.71. The number of hydrogen-bond acceptors (Lipinski definition) is 4. The lowest BCUT2D eigenvalue weighted by Gasteiger charge is -2.29. The Kier molecular flexibility index (Phi) is 8.09. The number of sulfonamides is 1. The molecular weight excluding hydrogens is 412 g/mol. The van der Waals surface area contributed by atoms with E-state index in [1.54, 1.807) is 12.1 Å². The second kappa shape index (κ2) is 10.8. The summed E-state index contributed by atoms with van der Waals surface area (Å²) in [7, 11) is -3.50. The van der Waals surface area contributed by atoms with Crippen LogP contribution in [0.2, 0.25) is 0 Å². The third kappa shape index (κ3) is 6.31. The van der Waals surface area contributed by atoms with E-state index in [1.165, 1.54) is 22.0 Å². The van der Waals surface area contributed by atoms with Crippen LogP contribution in [0, 0.1) is 5.92 Å². The van der Waals surface area contributed by atoms with Crippen molar-refractivity contribution in [1.29, 1.82) is 0 Å². The third-order valence-electron chi connectivity index (χ3n) is 5.62. The molecule has 1 saturated heterocycles. The maximum atomic E-state index is 12.8. The van der Waals surface area contributed by atoms with Crippen molar-refractivity contribution in [2.75, 3.05) is 26.2 Å². The number of carbonyl (C=O) groups excluding carboxylic acids is 1. The highest BCUT2D eigenvalue weighted by Gasteiger charge is 2.28. The number of piperidine rings is 1. The van der Waals surface area contributed by atoms with E-state index in [0.717, 1.165) is 31.4 Å². The van der Waals surface area contributed by atoms with Crippen molar-refractivity contribution in [3.8, 4) is 5.75 Å². The van der Waals surface area contributed by atoms with Gasteiger partial charge in [0.25, 0.3) is 5.91 Å². The zero-order chi connectivity index (χ0) is 22.3. The van der Waals surface area contributed by atoms with E-state index in [1.807, 2.05) is 12.1 Å². The van der Waals surface area contributed by atoms with Crippen LogP contribution in [0.25, 0.3) is 0 Å². The monoisotopic (exact) mass is 444 g/mol. The minimum atomic E-state index is -3.50. The summed E-state index contributed by atoms with van der Waals surface area (Å²) in [6.07, 6.45) is 3.92. The Balaban J connectivity index is 1.47. The van der Waals surface area contributed by atoms with Gasteiger partial charge < -0.3 is 10.1 Å². The molecule has 0 saturated carbocycles. The summed E-state index contributed by atoms with van der Waals surface area (Å²) in [4.78, 5) is 12.6. The summed E-state index contributed by atoms with van der Waals surface area (Å²) in [6, 6.07) is 14.1. The fourth-order valence-electron chi connectivity index (χ4n) is 3.63. The van der Waals surface area contributed by atoms with Crippen LogP contribution in [0.15, 0.2) is 53.4 Å². The molecular formula is C24H32N2O4S. The molecule has 1 aliphatic heterocycles. The topological polar surface area (TPSA) is 75.7 Å². The first-order chi connectivity index (χ1) is 14.9. The quantitative estimate of drug-likeness (QED) is 0.596. The van der Waals surface area contributed by atoms with Crippen molar-refractivity contribution in [2.45, 2.75) is 44.4 Å². The van der Waals surface area contributed by atoms with Gasteiger partial charge in [-0.2, -0.15) is 4.31 Å². The molecule has 0 radical (unpaired) electrons. The largest absolute Gasteiger partial charge is 0.492 e. The molecule has 31 heavy (non-hydrogen) atoms. The average molecular weight is 445 g/mol. The van der Waals surface area contributed by atoms with Crippen molar-refractivity contribution < 1.29 is 17.9 Å². The number of nitrogens with one attached hydrogen (secondary N) is 1. The molecule has 0 spiro atoms. The summed E-state index contributed by atoms with van der Waals surface area (Å²) in [5.74, 6) is 1.08. The Morgan fingerprint density at radius 3 is 2.32 bits per heavy atom. The zero-order valence-corrected chi connectivity index (χ0v) is 19.2. The molecule has 0 aliphatic carbocycles. The maximum Gasteiger partial charge on any atom is 0.251 e. The molecule has 1 fully saturated rings. The van der Waals surface area contributed by atoms with Crippen LogP contribution >= 0.6 is 0 Å². The van der Waals surface area contributed by atoms with Crippen LogP contribution in [-0.4, -0.2) is 44.9 Å². The molecule has 2 aromatic carbocycles. The number of carbonyl (C=O) groups is 1. The molecule has 1 amide bonds. The highest BCUT2D eigenvalue weighted by molar-refractivity contribution is 7.89. The maximum absolute atomic E-state index is 12.8. The van der Waals surface area contributed by atoms with Crippen molar-refractivity contribution >= 4 is 15.9 Å². The molecule has 1 aliphatic rings. The van der Waals surface area contributed by atoms with E-state index >= 15 is 0 Å². The van der Waals surface area contributed by atoms with Crippen molar-refractivity contribution in [3.63, 3.8) is 0 Å². The molecule has 7 heteroatoms. The Bertz CT molecular complexity index is 948. The lowest BCUT2D eigenvalue weighted by atomic mass is 10.0. The van der Waals surface area contributed by atoms with Gasteiger partial charge in [0.1, 0.15) is 12.4 Å². The van der Waals surface area contributed by atoms with Crippen LogP contribution in [0.1, 0.15) is 49.0 Å². The number of nitrogens with zero attached hydrogens (tertiary/aromatic N) is 1. The van der Waals surface area contributed by atoms with E-state index in [9.17, 15) is 13.2 Å². The van der Waals surface area contributed by atoms with Crippen LogP contribution in [-0.2, 0) is 16.4 Å². The predicted octanol–water partition coefficient (Wildman–Crippen LogP) is 3.87. The third-order valence-corrected chi connectivity index (χ3v) is 7.53. The predicted molar refractivity (Wildman–Crippen MR) is 122 cm³/mol. The van der Waals surface area contributed by atoms with Crippen molar-refractivity contribution in [3.05, 3.63) is 59.7 Å². The number of aryl methyl sites for hydroxylation is 1. The van der Waals surface area contributed by atoms with Gasteiger partial charge in [-0.15, -0.1) is 0 Å². The van der Waals surface area contributed by atoms with Crippen molar-refractivity contribution in [2.24, 2.45) is 5.92 Å². The van der Waals surface area contributed by atoms with Gasteiger partial charge in [0.05, 0.1) is 11.4 Å². The Labute approximate surface area is 185 Å². The van der Waals surface area contributed by atoms with Gasteiger partial charge >= 0.3 is 0 Å². The fraction of sp³-hybridized carbons (Fsp3) is 0.458. The number of amides is 1. The first-order valence-electron chi connectivity index (χ1n) is 11.0. The summed E-state index contributed by atoms with van der Waals surface area (Å²) < 4.78 is 32.8. The molecule has 0 bridgehead atoms. The van der Waals surface area contributed by atoms with Gasteiger partial charge in [-0.1, -0.05) is 32.4 Å². The molecule has 1 heterocycles. The summed E-state index contributed by atoms with van der Waals surface area (Å²) >= 11 is 0. The highest BCUT2D eigenvalue weighted by atomic mass is 32.2. The Morgan fingerprint density at radius 2 is 1.71 bits per heavy atom. The minimum absolute atomic E-state index is 0.230. The van der Waals surface area contributed by atoms with Gasteiger partial charge in [-0.3, -0.25) is 4.79 Å². The van der Waals surface area contributed by atoms with E-state index < -0.39 is 10.0 Å². The van der Waals surface area contributed by atoms with Crippen LogP contribution in [0.3, 0.4) is 0 Å². The zero-order valence-electron chi connectivity index (χ0n) is 18.3. The Morgan fingerprint density at radius 1 is 1.06 bits per heavy atom. The average Bonchev–Trinajstić information content (AvgIpc) is 2.78. The highest BCUT2D eigenvalue weighted by Crippen LogP contribution is 2.23. The number of ether oxygens (including phenoxy) is 1. The van der Waals surface area contributed by atoms with Gasteiger partial charge in [0, 0.05) is 18.7 Å². The number of hydrogen-bond donors (Lipinski definition) is 1. The lowest BCUT2D eigenvalue weighted by molar-refractivity contribution is 0.0947. The normalized spacial score (nSPS) is 15.5. The number of rotatable bonds is 9. The van der Waals surface area contributed by atoms with Gasteiger partial charge in [-0.25, -0.2) is 8.42 Å². The molecule has 1 N–H and O–H groups in total. The van der Waals surface area contributed by atoms with E-state index in [2.05, 4.69) is 31.3 Å². The van der Waals surface area contributed by atoms with Crippen LogP contribution < -0.4 is 10.1 Å². The first kappa shape index (κ1) is 23.3. The lowest BCUT2D eigenvalue weighted by Crippen LogP contribution is -2.37. The van der Waals surface area contributed by atoms with Gasteiger partial charge in [-0.05, 0) is 67.1 Å². The van der Waals surface area contributed by atoms with Crippen LogP contribution in [0.4, 0.5) is 0 Å². The van der Waals surface area contributed by atoms with E-state index in [-0.39, 0.29) is 10.8 Å². The molecule has 3 rings (SSSR count). The fourth-order valence-corrected chi connectivity index (χ4v) is 5.10. The van der Waals surface area contributed by atoms with E-state index in [0.29, 0.717) is 37.7 Å². The molecule has 2 aromatic rings. The second-order valence-electron chi connectivity index (χ2n) is 8.11. The van der Waals surface area contributed by atoms with E-state index in [4.69, 9.17) is 4.74 Å². The molecule has 0 unspecified atom stereocenters. The second-order valence-corrected chi connectivity index (χ2v) is 10.0. The van der Waals surface area contributed by atoms with Gasteiger partial charge in [0.2, 0.25) is 10.0 Å². The van der Waals surface area contributed by atoms with Crippen LogP contribution in [0.5, 0.6) is 5.75 Å². The SMILES string of the molecule is CCCc1ccc(OCCNC(=O)c2ccc(S(=O)(=O)N3CCC(C)CC3)cc2)cc1. The smallest absolute Gasteiger partial charge is 0.251 e. The molecule has 6 nitrogen and oxygen atoms in total. The summed E-state index contributed by atoms with van der Waals surface area (Å²) in [5, 5.41) is 2.80. The minimum Gasteiger partial charge on any atom is -0.492 e. The standard InChI is InChI=1S/C24H32N2O4S/c1-3-4-20-5-9-22(10-6-20)30-18-15-25-24(27)21-7-11-23(12-8-21)31(28,29)26-16-13-19(2)14-17-26/h5-12,19H,3-4,13-18H2,1-2H3,(H,25,27). The Hall–Kier alpha value is -2.38. The molecule has 168 valence electrons. The van der Waals surface area contributed by atoms with Gasteiger partial charge in [0.15, 0.2) is 0 Å². The number of benzene rings is 2. The van der Waals surface area contributed by atoms with Crippen molar-refractivity contribution in [1.82, 2.24) is 9.62 Å². The molecule has 0 aromatic heterocycles. The first-order valence-corrected chi connectivity index (χ1v) is 12.4.